The smallest absolute Gasteiger partial charge is 0.412 e. The van der Waals surface area contributed by atoms with Gasteiger partial charge in [-0.05, 0) is 71.4 Å². The Morgan fingerprint density at radius 1 is 0.714 bits per heavy atom. The molecule has 0 aromatic heterocycles. The third-order valence-electron chi connectivity index (χ3n) is 4.33. The SMILES string of the molecule is CC(C)(C)OC(=O)NCCNCc1ccc(C(=O)Nc2ccccc2NC(=O)OC(C)(C)C)cc1. The summed E-state index contributed by atoms with van der Waals surface area (Å²) in [6.07, 6.45) is -1.05. The summed E-state index contributed by atoms with van der Waals surface area (Å²) in [4.78, 5) is 36.5. The Labute approximate surface area is 207 Å². The van der Waals surface area contributed by atoms with Gasteiger partial charge in [0.2, 0.25) is 0 Å². The van der Waals surface area contributed by atoms with Crippen LogP contribution in [0.15, 0.2) is 48.5 Å². The molecule has 2 aromatic rings. The topological polar surface area (TPSA) is 118 Å². The highest BCUT2D eigenvalue weighted by Gasteiger charge is 2.18. The van der Waals surface area contributed by atoms with Crippen LogP contribution >= 0.6 is 0 Å². The fraction of sp³-hybridized carbons (Fsp3) is 0.423. The summed E-state index contributed by atoms with van der Waals surface area (Å²) in [5, 5.41) is 11.4. The molecule has 4 N–H and O–H groups in total. The second-order valence-corrected chi connectivity index (χ2v) is 9.93. The second kappa shape index (κ2) is 12.2. The van der Waals surface area contributed by atoms with Crippen molar-refractivity contribution in [2.24, 2.45) is 0 Å². The van der Waals surface area contributed by atoms with Crippen molar-refractivity contribution < 1.29 is 23.9 Å². The van der Waals surface area contributed by atoms with E-state index in [1.54, 1.807) is 57.2 Å². The normalized spacial score (nSPS) is 11.4. The minimum atomic E-state index is -0.631. The van der Waals surface area contributed by atoms with Crippen molar-refractivity contribution in [3.8, 4) is 0 Å². The number of rotatable bonds is 8. The monoisotopic (exact) mass is 484 g/mol. The molecule has 0 aliphatic rings. The average molecular weight is 485 g/mol. The van der Waals surface area contributed by atoms with E-state index in [-0.39, 0.29) is 5.91 Å². The molecule has 0 atom stereocenters. The van der Waals surface area contributed by atoms with Crippen molar-refractivity contribution in [3.63, 3.8) is 0 Å². The molecule has 3 amide bonds. The molecule has 0 aliphatic heterocycles. The predicted octanol–water partition coefficient (Wildman–Crippen LogP) is 4.90. The maximum Gasteiger partial charge on any atom is 0.412 e. The van der Waals surface area contributed by atoms with Crippen LogP contribution in [0.2, 0.25) is 0 Å². The first kappa shape index (κ1) is 27.7. The number of carbonyl (C=O) groups excluding carboxylic acids is 3. The summed E-state index contributed by atoms with van der Waals surface area (Å²) < 4.78 is 10.5. The number of hydrogen-bond donors (Lipinski definition) is 4. The van der Waals surface area contributed by atoms with Crippen LogP contribution in [-0.4, -0.2) is 42.4 Å². The first-order chi connectivity index (χ1) is 16.3. The molecule has 0 fully saturated rings. The molecule has 190 valence electrons. The van der Waals surface area contributed by atoms with Crippen LogP contribution in [-0.2, 0) is 16.0 Å². The molecule has 0 aliphatic carbocycles. The average Bonchev–Trinajstić information content (AvgIpc) is 2.72. The number of nitrogens with one attached hydrogen (secondary N) is 4. The van der Waals surface area contributed by atoms with Crippen molar-refractivity contribution >= 4 is 29.5 Å². The van der Waals surface area contributed by atoms with E-state index in [1.165, 1.54) is 0 Å². The summed E-state index contributed by atoms with van der Waals surface area (Å²) in [7, 11) is 0. The van der Waals surface area contributed by atoms with Gasteiger partial charge in [-0.1, -0.05) is 24.3 Å². The number of hydrogen-bond acceptors (Lipinski definition) is 6. The Hall–Kier alpha value is -3.59. The van der Waals surface area contributed by atoms with Crippen molar-refractivity contribution in [3.05, 3.63) is 59.7 Å². The van der Waals surface area contributed by atoms with Gasteiger partial charge in [0.1, 0.15) is 11.2 Å². The van der Waals surface area contributed by atoms with E-state index in [0.717, 1.165) is 5.56 Å². The summed E-state index contributed by atoms with van der Waals surface area (Å²) in [5.41, 5.74) is 1.22. The van der Waals surface area contributed by atoms with Gasteiger partial charge in [0.25, 0.3) is 5.91 Å². The van der Waals surface area contributed by atoms with Gasteiger partial charge in [0.05, 0.1) is 11.4 Å². The van der Waals surface area contributed by atoms with Gasteiger partial charge in [0.15, 0.2) is 0 Å². The maximum atomic E-state index is 12.7. The van der Waals surface area contributed by atoms with E-state index in [1.807, 2.05) is 32.9 Å². The quantitative estimate of drug-likeness (QED) is 0.396. The van der Waals surface area contributed by atoms with E-state index in [4.69, 9.17) is 9.47 Å². The fourth-order valence-electron chi connectivity index (χ4n) is 2.88. The number of alkyl carbamates (subject to hydrolysis) is 1. The standard InChI is InChI=1S/C26H36N4O5/c1-25(2,3)34-23(32)28-16-15-27-17-18-11-13-19(14-12-18)22(31)29-20-9-7-8-10-21(20)30-24(33)35-26(4,5)6/h7-14,27H,15-17H2,1-6H3,(H,28,32)(H,29,31)(H,30,33). The molecule has 0 spiro atoms. The summed E-state index contributed by atoms with van der Waals surface area (Å²) >= 11 is 0. The first-order valence-corrected chi connectivity index (χ1v) is 11.5. The van der Waals surface area contributed by atoms with Crippen LogP contribution in [0.1, 0.15) is 57.5 Å². The van der Waals surface area contributed by atoms with Gasteiger partial charge in [-0.3, -0.25) is 10.1 Å². The number of carbonyl (C=O) groups is 3. The number of para-hydroxylation sites is 2. The van der Waals surface area contributed by atoms with Gasteiger partial charge >= 0.3 is 12.2 Å². The zero-order valence-corrected chi connectivity index (χ0v) is 21.3. The molecule has 9 nitrogen and oxygen atoms in total. The number of benzene rings is 2. The summed E-state index contributed by atoms with van der Waals surface area (Å²) in [6, 6.07) is 14.1. The van der Waals surface area contributed by atoms with Gasteiger partial charge in [0, 0.05) is 25.2 Å². The zero-order chi connectivity index (χ0) is 26.1. The Kier molecular flexibility index (Phi) is 9.65. The Bertz CT molecular complexity index is 1010. The molecule has 35 heavy (non-hydrogen) atoms. The van der Waals surface area contributed by atoms with Crippen molar-refractivity contribution in [2.75, 3.05) is 23.7 Å². The lowest BCUT2D eigenvalue weighted by atomic mass is 10.1. The van der Waals surface area contributed by atoms with Crippen LogP contribution < -0.4 is 21.3 Å². The Balaban J connectivity index is 1.84. The van der Waals surface area contributed by atoms with Crippen LogP contribution in [0.25, 0.3) is 0 Å². The molecule has 0 bridgehead atoms. The Morgan fingerprint density at radius 2 is 1.26 bits per heavy atom. The highest BCUT2D eigenvalue weighted by molar-refractivity contribution is 6.06. The molecule has 0 saturated heterocycles. The molecule has 0 saturated carbocycles. The van der Waals surface area contributed by atoms with Crippen LogP contribution in [0.3, 0.4) is 0 Å². The molecule has 0 heterocycles. The molecule has 2 aromatic carbocycles. The van der Waals surface area contributed by atoms with E-state index in [9.17, 15) is 14.4 Å². The third kappa shape index (κ3) is 10.9. The zero-order valence-electron chi connectivity index (χ0n) is 21.3. The molecular weight excluding hydrogens is 448 g/mol. The lowest BCUT2D eigenvalue weighted by molar-refractivity contribution is 0.0527. The van der Waals surface area contributed by atoms with Crippen molar-refractivity contribution in [1.82, 2.24) is 10.6 Å². The summed E-state index contributed by atoms with van der Waals surface area (Å²) in [5.74, 6) is -0.301. The lowest BCUT2D eigenvalue weighted by Crippen LogP contribution is -2.36. The molecule has 0 radical (unpaired) electrons. The fourth-order valence-corrected chi connectivity index (χ4v) is 2.88. The molecule has 0 unspecified atom stereocenters. The first-order valence-electron chi connectivity index (χ1n) is 11.5. The number of ether oxygens (including phenoxy) is 2. The summed E-state index contributed by atoms with van der Waals surface area (Å²) in [6.45, 7) is 12.4. The Morgan fingerprint density at radius 3 is 1.83 bits per heavy atom. The lowest BCUT2D eigenvalue weighted by Gasteiger charge is -2.20. The molecule has 2 rings (SSSR count). The van der Waals surface area contributed by atoms with Crippen LogP contribution in [0.4, 0.5) is 21.0 Å². The van der Waals surface area contributed by atoms with Crippen molar-refractivity contribution in [2.45, 2.75) is 59.3 Å². The highest BCUT2D eigenvalue weighted by atomic mass is 16.6. The van der Waals surface area contributed by atoms with Gasteiger partial charge < -0.3 is 25.4 Å². The highest BCUT2D eigenvalue weighted by Crippen LogP contribution is 2.23. The minimum absolute atomic E-state index is 0.301. The molecule has 9 heteroatoms. The van der Waals surface area contributed by atoms with E-state index in [0.29, 0.717) is 36.6 Å². The van der Waals surface area contributed by atoms with Gasteiger partial charge in [-0.15, -0.1) is 0 Å². The van der Waals surface area contributed by atoms with E-state index in [2.05, 4.69) is 21.3 Å². The number of anilines is 2. The van der Waals surface area contributed by atoms with Gasteiger partial charge in [-0.2, -0.15) is 0 Å². The van der Waals surface area contributed by atoms with Gasteiger partial charge in [-0.25, -0.2) is 9.59 Å². The maximum absolute atomic E-state index is 12.7. The largest absolute Gasteiger partial charge is 0.444 e. The predicted molar refractivity (Wildman–Crippen MR) is 137 cm³/mol. The minimum Gasteiger partial charge on any atom is -0.444 e. The van der Waals surface area contributed by atoms with Crippen LogP contribution in [0, 0.1) is 0 Å². The van der Waals surface area contributed by atoms with E-state index < -0.39 is 23.4 Å². The third-order valence-corrected chi connectivity index (χ3v) is 4.33. The molecular formula is C26H36N4O5. The van der Waals surface area contributed by atoms with Crippen molar-refractivity contribution in [1.29, 1.82) is 0 Å². The second-order valence-electron chi connectivity index (χ2n) is 9.93. The van der Waals surface area contributed by atoms with E-state index >= 15 is 0 Å². The van der Waals surface area contributed by atoms with Crippen LogP contribution in [0.5, 0.6) is 0 Å². The number of amides is 3.